The van der Waals surface area contributed by atoms with Crippen molar-refractivity contribution in [2.24, 2.45) is 5.73 Å². The molecular weight excluding hydrogens is 282 g/mol. The Morgan fingerprint density at radius 3 is 2.62 bits per heavy atom. The van der Waals surface area contributed by atoms with Gasteiger partial charge in [0.25, 0.3) is 0 Å². The number of nitrogens with zero attached hydrogens (tertiary/aromatic N) is 2. The first-order chi connectivity index (χ1) is 10.1. The summed E-state index contributed by atoms with van der Waals surface area (Å²) in [5, 5.41) is 0.836. The number of likely N-dealkylation sites (N-methyl/N-ethyl adjacent to an activating group) is 1. The van der Waals surface area contributed by atoms with Crippen LogP contribution in [-0.4, -0.2) is 48.1 Å². The van der Waals surface area contributed by atoms with Crippen LogP contribution in [0, 0.1) is 0 Å². The molecule has 2 aliphatic rings. The Morgan fingerprint density at radius 1 is 1.19 bits per heavy atom. The van der Waals surface area contributed by atoms with Crippen molar-refractivity contribution < 1.29 is 0 Å². The molecule has 0 spiro atoms. The van der Waals surface area contributed by atoms with Gasteiger partial charge in [0.1, 0.15) is 0 Å². The predicted octanol–water partition coefficient (Wildman–Crippen LogP) is 2.90. The van der Waals surface area contributed by atoms with E-state index in [0.29, 0.717) is 6.04 Å². The van der Waals surface area contributed by atoms with Crippen molar-refractivity contribution >= 4 is 11.6 Å². The van der Waals surface area contributed by atoms with E-state index >= 15 is 0 Å². The van der Waals surface area contributed by atoms with Crippen LogP contribution in [-0.2, 0) is 0 Å². The van der Waals surface area contributed by atoms with Gasteiger partial charge in [-0.2, -0.15) is 0 Å². The zero-order chi connectivity index (χ0) is 15.0. The highest BCUT2D eigenvalue weighted by molar-refractivity contribution is 6.31. The minimum Gasteiger partial charge on any atom is -0.326 e. The molecule has 1 aromatic carbocycles. The standard InChI is InChI=1S/C17H26ClN3/c1-12(19)17(15-5-3-4-6-16(15)18)21-10-9-13-7-8-14(11-21)20(13)2/h3-6,12-14,17H,7-11,19H2,1-2H3. The minimum atomic E-state index is 0.0758. The van der Waals surface area contributed by atoms with Crippen LogP contribution in [0.4, 0.5) is 0 Å². The molecule has 3 nitrogen and oxygen atoms in total. The second kappa shape index (κ2) is 6.25. The molecule has 116 valence electrons. The van der Waals surface area contributed by atoms with Gasteiger partial charge in [-0.1, -0.05) is 29.8 Å². The maximum absolute atomic E-state index is 6.44. The third-order valence-electron chi connectivity index (χ3n) is 5.30. The first kappa shape index (κ1) is 15.3. The first-order valence-corrected chi connectivity index (χ1v) is 8.41. The topological polar surface area (TPSA) is 32.5 Å². The molecule has 4 atom stereocenters. The zero-order valence-electron chi connectivity index (χ0n) is 13.0. The fourth-order valence-corrected chi connectivity index (χ4v) is 4.36. The normalized spacial score (nSPS) is 30.1. The second-order valence-electron chi connectivity index (χ2n) is 6.66. The summed E-state index contributed by atoms with van der Waals surface area (Å²) < 4.78 is 0. The summed E-state index contributed by atoms with van der Waals surface area (Å²) in [7, 11) is 2.28. The molecule has 2 bridgehead atoms. The summed E-state index contributed by atoms with van der Waals surface area (Å²) in [4.78, 5) is 5.14. The largest absolute Gasteiger partial charge is 0.326 e. The van der Waals surface area contributed by atoms with Crippen LogP contribution >= 0.6 is 11.6 Å². The van der Waals surface area contributed by atoms with Gasteiger partial charge in [-0.15, -0.1) is 0 Å². The molecule has 2 saturated heterocycles. The van der Waals surface area contributed by atoms with Crippen LogP contribution in [0.25, 0.3) is 0 Å². The average Bonchev–Trinajstić information content (AvgIpc) is 2.68. The molecule has 3 rings (SSSR count). The fourth-order valence-electron chi connectivity index (χ4n) is 4.12. The molecule has 2 fully saturated rings. The van der Waals surface area contributed by atoms with Gasteiger partial charge in [0, 0.05) is 36.2 Å². The average molecular weight is 308 g/mol. The molecule has 0 radical (unpaired) electrons. The SMILES string of the molecule is CC(N)C(c1ccccc1Cl)N1CCC2CCC(C1)N2C. The van der Waals surface area contributed by atoms with Crippen LogP contribution in [0.1, 0.15) is 37.8 Å². The van der Waals surface area contributed by atoms with Crippen molar-refractivity contribution in [3.63, 3.8) is 0 Å². The lowest BCUT2D eigenvalue weighted by Gasteiger charge is -2.36. The molecule has 4 unspecified atom stereocenters. The van der Waals surface area contributed by atoms with E-state index in [9.17, 15) is 0 Å². The van der Waals surface area contributed by atoms with E-state index in [2.05, 4.69) is 35.9 Å². The van der Waals surface area contributed by atoms with Crippen LogP contribution in [0.15, 0.2) is 24.3 Å². The number of likely N-dealkylation sites (tertiary alicyclic amines) is 1. The number of hydrogen-bond donors (Lipinski definition) is 1. The molecule has 1 aromatic rings. The van der Waals surface area contributed by atoms with Gasteiger partial charge >= 0.3 is 0 Å². The maximum Gasteiger partial charge on any atom is 0.0511 e. The van der Waals surface area contributed by atoms with Crippen molar-refractivity contribution in [3.8, 4) is 0 Å². The van der Waals surface area contributed by atoms with Crippen molar-refractivity contribution in [1.82, 2.24) is 9.80 Å². The Morgan fingerprint density at radius 2 is 1.90 bits per heavy atom. The van der Waals surface area contributed by atoms with Crippen molar-refractivity contribution in [2.45, 2.75) is 50.4 Å². The number of rotatable bonds is 3. The number of benzene rings is 1. The lowest BCUT2D eigenvalue weighted by molar-refractivity contribution is 0.156. The minimum absolute atomic E-state index is 0.0758. The molecule has 21 heavy (non-hydrogen) atoms. The molecular formula is C17H26ClN3. The van der Waals surface area contributed by atoms with Gasteiger partial charge in [-0.25, -0.2) is 0 Å². The molecule has 0 saturated carbocycles. The summed E-state index contributed by atoms with van der Waals surface area (Å²) in [5.41, 5.74) is 7.51. The van der Waals surface area contributed by atoms with Crippen molar-refractivity contribution in [3.05, 3.63) is 34.9 Å². The van der Waals surface area contributed by atoms with E-state index in [0.717, 1.165) is 24.2 Å². The Kier molecular flexibility index (Phi) is 4.55. The quantitative estimate of drug-likeness (QED) is 0.932. The molecule has 0 aromatic heterocycles. The van der Waals surface area contributed by atoms with Crippen LogP contribution < -0.4 is 5.73 Å². The smallest absolute Gasteiger partial charge is 0.0511 e. The van der Waals surface area contributed by atoms with E-state index in [1.54, 1.807) is 0 Å². The highest BCUT2D eigenvalue weighted by atomic mass is 35.5. The van der Waals surface area contributed by atoms with Gasteiger partial charge in [0.05, 0.1) is 6.04 Å². The monoisotopic (exact) mass is 307 g/mol. The molecule has 4 heteroatoms. The van der Waals surface area contributed by atoms with Gasteiger partial charge in [0.2, 0.25) is 0 Å². The number of nitrogens with two attached hydrogens (primary N) is 1. The summed E-state index contributed by atoms with van der Waals surface area (Å²) in [6.07, 6.45) is 3.90. The van der Waals surface area contributed by atoms with Crippen LogP contribution in [0.3, 0.4) is 0 Å². The van der Waals surface area contributed by atoms with E-state index < -0.39 is 0 Å². The zero-order valence-corrected chi connectivity index (χ0v) is 13.8. The van der Waals surface area contributed by atoms with Crippen molar-refractivity contribution in [2.75, 3.05) is 20.1 Å². The molecule has 0 amide bonds. The van der Waals surface area contributed by atoms with Gasteiger partial charge < -0.3 is 5.73 Å². The predicted molar refractivity (Wildman–Crippen MR) is 88.6 cm³/mol. The maximum atomic E-state index is 6.44. The van der Waals surface area contributed by atoms with E-state index in [-0.39, 0.29) is 12.1 Å². The Bertz CT molecular complexity index is 491. The Hall–Kier alpha value is -0.610. The Balaban J connectivity index is 1.86. The molecule has 2 aliphatic heterocycles. The van der Waals surface area contributed by atoms with Crippen molar-refractivity contribution in [1.29, 1.82) is 0 Å². The van der Waals surface area contributed by atoms with Gasteiger partial charge in [0.15, 0.2) is 0 Å². The van der Waals surface area contributed by atoms with Gasteiger partial charge in [-0.3, -0.25) is 9.80 Å². The molecule has 2 N–H and O–H groups in total. The van der Waals surface area contributed by atoms with Crippen LogP contribution in [0.2, 0.25) is 5.02 Å². The van der Waals surface area contributed by atoms with E-state index in [1.807, 2.05) is 12.1 Å². The summed E-state index contributed by atoms with van der Waals surface area (Å²) >= 11 is 6.44. The lowest BCUT2D eigenvalue weighted by atomic mass is 9.97. The highest BCUT2D eigenvalue weighted by Gasteiger charge is 2.37. The fraction of sp³-hybridized carbons (Fsp3) is 0.647. The van der Waals surface area contributed by atoms with Gasteiger partial charge in [-0.05, 0) is 44.9 Å². The van der Waals surface area contributed by atoms with E-state index in [1.165, 1.54) is 24.8 Å². The number of hydrogen-bond acceptors (Lipinski definition) is 3. The van der Waals surface area contributed by atoms with Crippen LogP contribution in [0.5, 0.6) is 0 Å². The highest BCUT2D eigenvalue weighted by Crippen LogP contribution is 2.35. The third kappa shape index (κ3) is 2.98. The third-order valence-corrected chi connectivity index (χ3v) is 5.64. The Labute approximate surface area is 133 Å². The summed E-state index contributed by atoms with van der Waals surface area (Å²) in [6, 6.07) is 9.86. The second-order valence-corrected chi connectivity index (χ2v) is 7.07. The molecule has 2 heterocycles. The first-order valence-electron chi connectivity index (χ1n) is 8.04. The summed E-state index contributed by atoms with van der Waals surface area (Å²) in [5.74, 6) is 0. The lowest BCUT2D eigenvalue weighted by Crippen LogP contribution is -2.44. The van der Waals surface area contributed by atoms with E-state index in [4.69, 9.17) is 17.3 Å². The number of halogens is 1. The summed E-state index contributed by atoms with van der Waals surface area (Å²) in [6.45, 7) is 4.31. The number of fused-ring (bicyclic) bond motifs is 2. The molecule has 0 aliphatic carbocycles.